The lowest BCUT2D eigenvalue weighted by molar-refractivity contribution is -0.484. The highest BCUT2D eigenvalue weighted by Gasteiger charge is 2.35. The highest BCUT2D eigenvalue weighted by atomic mass is 16.6. The maximum absolute atomic E-state index is 11.0. The Balaban J connectivity index is 2.18. The average Bonchev–Trinajstić information content (AvgIpc) is 2.61. The molecule has 1 heterocycles. The number of nitrogens with zero attached hydrogens (tertiary/aromatic N) is 1. The van der Waals surface area contributed by atoms with Gasteiger partial charge in [0.1, 0.15) is 11.5 Å². The zero-order chi connectivity index (χ0) is 14.8. The molecule has 0 saturated heterocycles. The largest absolute Gasteiger partial charge is 0.457 e. The lowest BCUT2D eigenvalue weighted by atomic mass is 9.82. The van der Waals surface area contributed by atoms with Gasteiger partial charge in [-0.2, -0.15) is 0 Å². The van der Waals surface area contributed by atoms with Crippen LogP contribution in [0.3, 0.4) is 0 Å². The number of nitro groups is 1. The Morgan fingerprint density at radius 3 is 2.05 bits per heavy atom. The molecule has 21 heavy (non-hydrogen) atoms. The molecule has 5 heteroatoms. The topological polar surface area (TPSA) is 72.6 Å². The maximum Gasteiger partial charge on any atom is 0.211 e. The van der Waals surface area contributed by atoms with Gasteiger partial charge in [-0.3, -0.25) is 10.1 Å². The minimum Gasteiger partial charge on any atom is -0.457 e. The number of para-hydroxylation sites is 2. The summed E-state index contributed by atoms with van der Waals surface area (Å²) in [6, 6.07) is 14.7. The van der Waals surface area contributed by atoms with Crippen LogP contribution in [-0.4, -0.2) is 23.2 Å². The fraction of sp³-hybridized carbons (Fsp3) is 0.250. The van der Waals surface area contributed by atoms with Gasteiger partial charge in [-0.15, -0.1) is 0 Å². The van der Waals surface area contributed by atoms with E-state index in [1.165, 1.54) is 0 Å². The van der Waals surface area contributed by atoms with Gasteiger partial charge in [0.05, 0.1) is 12.5 Å². The molecule has 0 amide bonds. The van der Waals surface area contributed by atoms with E-state index >= 15 is 0 Å². The summed E-state index contributed by atoms with van der Waals surface area (Å²) in [5.41, 5.74) is 1.58. The van der Waals surface area contributed by atoms with Crippen LogP contribution in [0.4, 0.5) is 0 Å². The Bertz CT molecular complexity index is 671. The third-order valence-corrected chi connectivity index (χ3v) is 3.89. The van der Waals surface area contributed by atoms with Crippen molar-refractivity contribution in [2.45, 2.75) is 11.8 Å². The third kappa shape index (κ3) is 2.48. The second kappa shape index (κ2) is 5.54. The third-order valence-electron chi connectivity index (χ3n) is 3.89. The molecule has 0 spiro atoms. The number of ether oxygens (including phenoxy) is 1. The summed E-state index contributed by atoms with van der Waals surface area (Å²) in [5, 5.41) is 20.8. The summed E-state index contributed by atoms with van der Waals surface area (Å²) in [5.74, 6) is 0.502. The van der Waals surface area contributed by atoms with Crippen LogP contribution in [-0.2, 0) is 0 Å². The van der Waals surface area contributed by atoms with Gasteiger partial charge >= 0.3 is 0 Å². The van der Waals surface area contributed by atoms with Gasteiger partial charge in [-0.05, 0) is 12.1 Å². The van der Waals surface area contributed by atoms with Gasteiger partial charge in [0.25, 0.3) is 0 Å². The molecule has 1 aliphatic rings. The molecule has 0 fully saturated rings. The fourth-order valence-corrected chi connectivity index (χ4v) is 2.92. The van der Waals surface area contributed by atoms with E-state index in [9.17, 15) is 15.2 Å². The van der Waals surface area contributed by atoms with Gasteiger partial charge in [-0.1, -0.05) is 36.4 Å². The van der Waals surface area contributed by atoms with Crippen molar-refractivity contribution in [1.82, 2.24) is 0 Å². The van der Waals surface area contributed by atoms with Crippen molar-refractivity contribution in [3.8, 4) is 11.5 Å². The van der Waals surface area contributed by atoms with E-state index in [0.29, 0.717) is 11.5 Å². The zero-order valence-electron chi connectivity index (χ0n) is 11.3. The first-order chi connectivity index (χ1) is 10.2. The molecule has 2 aromatic rings. The van der Waals surface area contributed by atoms with Crippen LogP contribution in [0.15, 0.2) is 48.5 Å². The highest BCUT2D eigenvalue weighted by molar-refractivity contribution is 5.49. The summed E-state index contributed by atoms with van der Waals surface area (Å²) >= 11 is 0. The van der Waals surface area contributed by atoms with Crippen LogP contribution in [0.2, 0.25) is 0 Å². The van der Waals surface area contributed by atoms with Gasteiger partial charge in [-0.25, -0.2) is 0 Å². The number of fused-ring (bicyclic) bond motifs is 2. The Labute approximate surface area is 122 Å². The van der Waals surface area contributed by atoms with Crippen molar-refractivity contribution in [2.24, 2.45) is 0 Å². The number of aliphatic hydroxyl groups excluding tert-OH is 1. The Morgan fingerprint density at radius 1 is 1.00 bits per heavy atom. The van der Waals surface area contributed by atoms with Crippen LogP contribution in [0.25, 0.3) is 0 Å². The van der Waals surface area contributed by atoms with E-state index in [2.05, 4.69) is 0 Å². The Kier molecular flexibility index (Phi) is 3.58. The van der Waals surface area contributed by atoms with Crippen molar-refractivity contribution < 1.29 is 14.8 Å². The molecule has 0 aromatic heterocycles. The molecular weight excluding hydrogens is 270 g/mol. The number of aliphatic hydroxyl groups is 1. The van der Waals surface area contributed by atoms with Crippen molar-refractivity contribution >= 4 is 0 Å². The van der Waals surface area contributed by atoms with E-state index in [4.69, 9.17) is 4.74 Å². The van der Waals surface area contributed by atoms with Gasteiger partial charge in [0.15, 0.2) is 0 Å². The van der Waals surface area contributed by atoms with Gasteiger partial charge in [0.2, 0.25) is 6.54 Å². The van der Waals surface area contributed by atoms with Crippen LogP contribution in [0.1, 0.15) is 23.0 Å². The molecule has 0 radical (unpaired) electrons. The van der Waals surface area contributed by atoms with Crippen molar-refractivity contribution in [3.63, 3.8) is 0 Å². The number of rotatable bonds is 3. The van der Waals surface area contributed by atoms with Gasteiger partial charge in [0, 0.05) is 22.0 Å². The summed E-state index contributed by atoms with van der Waals surface area (Å²) in [6.45, 7) is -0.396. The fourth-order valence-electron chi connectivity index (χ4n) is 2.92. The zero-order valence-corrected chi connectivity index (χ0v) is 11.3. The molecule has 2 atom stereocenters. The lowest BCUT2D eigenvalue weighted by Gasteiger charge is -2.21. The molecule has 0 saturated carbocycles. The monoisotopic (exact) mass is 285 g/mol. The average molecular weight is 285 g/mol. The molecular formula is C16H15NO4. The van der Waals surface area contributed by atoms with Crippen molar-refractivity contribution in [1.29, 1.82) is 0 Å². The maximum atomic E-state index is 11.0. The smallest absolute Gasteiger partial charge is 0.211 e. The van der Waals surface area contributed by atoms with E-state index in [1.54, 1.807) is 6.07 Å². The van der Waals surface area contributed by atoms with Crippen LogP contribution < -0.4 is 4.74 Å². The van der Waals surface area contributed by atoms with Crippen LogP contribution in [0, 0.1) is 10.1 Å². The highest BCUT2D eigenvalue weighted by Crippen LogP contribution is 2.45. The molecule has 2 aromatic carbocycles. The first kappa shape index (κ1) is 13.6. The first-order valence-electron chi connectivity index (χ1n) is 6.79. The van der Waals surface area contributed by atoms with Crippen LogP contribution >= 0.6 is 0 Å². The first-order valence-corrected chi connectivity index (χ1v) is 6.79. The van der Waals surface area contributed by atoms with E-state index in [0.717, 1.165) is 11.1 Å². The number of hydrogen-bond acceptors (Lipinski definition) is 4. The normalized spacial score (nSPS) is 19.9. The Morgan fingerprint density at radius 2 is 1.52 bits per heavy atom. The lowest BCUT2D eigenvalue weighted by Crippen LogP contribution is -2.21. The second-order valence-electron chi connectivity index (χ2n) is 5.09. The van der Waals surface area contributed by atoms with Crippen LogP contribution in [0.5, 0.6) is 11.5 Å². The minimum atomic E-state index is -0.412. The predicted molar refractivity (Wildman–Crippen MR) is 77.4 cm³/mol. The summed E-state index contributed by atoms with van der Waals surface area (Å²) in [7, 11) is 0. The molecule has 3 rings (SSSR count). The predicted octanol–water partition coefficient (Wildman–Crippen LogP) is 2.93. The minimum absolute atomic E-state index is 0.160. The molecule has 0 aliphatic carbocycles. The molecule has 1 aliphatic heterocycles. The number of hydrogen-bond donors (Lipinski definition) is 1. The SMILES string of the molecule is O=[N+]([O-])CC1c2ccccc2Oc2ccccc2C1CO. The molecule has 2 unspecified atom stereocenters. The summed E-state index contributed by atoms with van der Waals surface area (Å²) in [4.78, 5) is 10.7. The molecule has 108 valence electrons. The van der Waals surface area contributed by atoms with Gasteiger partial charge < -0.3 is 9.84 Å². The Hall–Kier alpha value is -2.40. The van der Waals surface area contributed by atoms with Crippen molar-refractivity contribution in [2.75, 3.05) is 13.2 Å². The standard InChI is InChI=1S/C16H15NO4/c18-10-14-12-6-2-4-8-16(12)21-15-7-3-1-5-11(15)13(14)9-17(19)20/h1-8,13-14,18H,9-10H2. The summed E-state index contributed by atoms with van der Waals surface area (Å²) in [6.07, 6.45) is 0. The van der Waals surface area contributed by atoms with E-state index < -0.39 is 5.92 Å². The molecule has 0 bridgehead atoms. The summed E-state index contributed by atoms with van der Waals surface area (Å²) < 4.78 is 5.91. The molecule has 5 nitrogen and oxygen atoms in total. The van der Waals surface area contributed by atoms with Crippen molar-refractivity contribution in [3.05, 3.63) is 69.8 Å². The number of benzene rings is 2. The quantitative estimate of drug-likeness (QED) is 0.695. The van der Waals surface area contributed by atoms with E-state index in [1.807, 2.05) is 42.5 Å². The molecule has 1 N–H and O–H groups in total. The second-order valence-corrected chi connectivity index (χ2v) is 5.09. The van der Waals surface area contributed by atoms with E-state index in [-0.39, 0.29) is 24.0 Å².